The molecule has 1 atom stereocenters. The quantitative estimate of drug-likeness (QED) is 0.779. The molecule has 70 valence electrons. The highest BCUT2D eigenvalue weighted by atomic mass is 35.5. The molecule has 0 spiro atoms. The van der Waals surface area contributed by atoms with Crippen molar-refractivity contribution in [3.63, 3.8) is 0 Å². The first kappa shape index (κ1) is 8.96. The van der Waals surface area contributed by atoms with Crippen LogP contribution in [0.5, 0.6) is 0 Å². The van der Waals surface area contributed by atoms with E-state index in [9.17, 15) is 0 Å². The Hall–Kier alpha value is -0.620. The molecule has 0 bridgehead atoms. The molecular formula is C7H7ClN2O2S. The Morgan fingerprint density at radius 3 is 3.08 bits per heavy atom. The van der Waals surface area contributed by atoms with Gasteiger partial charge in [0, 0.05) is 0 Å². The van der Waals surface area contributed by atoms with Gasteiger partial charge in [-0.3, -0.25) is 0 Å². The van der Waals surface area contributed by atoms with Gasteiger partial charge in [0.2, 0.25) is 0 Å². The van der Waals surface area contributed by atoms with Crippen LogP contribution in [-0.2, 0) is 4.84 Å². The minimum absolute atomic E-state index is 0.129. The van der Waals surface area contributed by atoms with E-state index in [2.05, 4.69) is 10.5 Å². The molecule has 0 aromatic carbocycles. The Labute approximate surface area is 83.8 Å². The van der Waals surface area contributed by atoms with Gasteiger partial charge in [-0.2, -0.15) is 0 Å². The number of hydrogen-bond donors (Lipinski definition) is 2. The average molecular weight is 219 g/mol. The van der Waals surface area contributed by atoms with Crippen LogP contribution in [0.15, 0.2) is 17.1 Å². The van der Waals surface area contributed by atoms with E-state index in [0.29, 0.717) is 10.2 Å². The summed E-state index contributed by atoms with van der Waals surface area (Å²) in [6.07, 6.45) is -0.504. The van der Waals surface area contributed by atoms with E-state index >= 15 is 0 Å². The number of halogens is 1. The van der Waals surface area contributed by atoms with Crippen LogP contribution in [-0.4, -0.2) is 23.8 Å². The molecule has 4 nitrogen and oxygen atoms in total. The molecule has 0 saturated carbocycles. The summed E-state index contributed by atoms with van der Waals surface area (Å²) in [5, 5.41) is 8.74. The molecule has 1 aromatic heterocycles. The third-order valence-electron chi connectivity index (χ3n) is 1.53. The van der Waals surface area contributed by atoms with Crippen molar-refractivity contribution in [1.82, 2.24) is 5.48 Å². The zero-order valence-corrected chi connectivity index (χ0v) is 8.10. The standard InChI is InChI=1S/C7H7ClN2O2S/c8-5-2-1-4(13-5)7-9-6(3-11)12-10-7/h1-2,6,11H,3H2,(H,9,10). The van der Waals surface area contributed by atoms with Crippen LogP contribution in [0.1, 0.15) is 4.88 Å². The second-order valence-corrected chi connectivity index (χ2v) is 4.15. The molecule has 13 heavy (non-hydrogen) atoms. The summed E-state index contributed by atoms with van der Waals surface area (Å²) in [4.78, 5) is 9.92. The molecule has 0 amide bonds. The molecule has 2 heterocycles. The molecule has 2 rings (SSSR count). The molecule has 2 N–H and O–H groups in total. The average Bonchev–Trinajstić information content (AvgIpc) is 2.71. The maximum atomic E-state index is 8.74. The van der Waals surface area contributed by atoms with Crippen molar-refractivity contribution < 1.29 is 9.94 Å². The fourth-order valence-electron chi connectivity index (χ4n) is 0.954. The number of aliphatic hydroxyl groups is 1. The van der Waals surface area contributed by atoms with Crippen molar-refractivity contribution in [1.29, 1.82) is 0 Å². The molecule has 0 radical (unpaired) electrons. The highest BCUT2D eigenvalue weighted by Crippen LogP contribution is 2.22. The Kier molecular flexibility index (Phi) is 2.50. The predicted octanol–water partition coefficient (Wildman–Crippen LogP) is 1.00. The van der Waals surface area contributed by atoms with E-state index in [-0.39, 0.29) is 6.61 Å². The van der Waals surface area contributed by atoms with Gasteiger partial charge in [-0.1, -0.05) is 11.6 Å². The zero-order chi connectivity index (χ0) is 9.26. The lowest BCUT2D eigenvalue weighted by molar-refractivity contribution is 0.00326. The fraction of sp³-hybridized carbons (Fsp3) is 0.286. The van der Waals surface area contributed by atoms with E-state index in [0.717, 1.165) is 4.88 Å². The van der Waals surface area contributed by atoms with Crippen molar-refractivity contribution >= 4 is 28.8 Å². The second kappa shape index (κ2) is 3.63. The third-order valence-corrected chi connectivity index (χ3v) is 2.77. The fourth-order valence-corrected chi connectivity index (χ4v) is 1.94. The van der Waals surface area contributed by atoms with Crippen LogP contribution in [0, 0.1) is 0 Å². The third kappa shape index (κ3) is 1.83. The molecule has 1 unspecified atom stereocenters. The molecule has 0 saturated heterocycles. The second-order valence-electron chi connectivity index (χ2n) is 2.44. The van der Waals surface area contributed by atoms with Crippen molar-refractivity contribution in [2.75, 3.05) is 6.61 Å². The number of aliphatic hydroxyl groups excluding tert-OH is 1. The summed E-state index contributed by atoms with van der Waals surface area (Å²) in [7, 11) is 0. The van der Waals surface area contributed by atoms with Gasteiger partial charge in [0.15, 0.2) is 12.1 Å². The number of hydrogen-bond acceptors (Lipinski definition) is 5. The van der Waals surface area contributed by atoms with Crippen LogP contribution >= 0.6 is 22.9 Å². The maximum Gasteiger partial charge on any atom is 0.200 e. The van der Waals surface area contributed by atoms with E-state index < -0.39 is 6.23 Å². The lowest BCUT2D eigenvalue weighted by Gasteiger charge is -1.98. The number of nitrogens with zero attached hydrogens (tertiary/aromatic N) is 1. The highest BCUT2D eigenvalue weighted by Gasteiger charge is 2.18. The Morgan fingerprint density at radius 2 is 2.54 bits per heavy atom. The van der Waals surface area contributed by atoms with Gasteiger partial charge in [-0.15, -0.1) is 11.3 Å². The number of rotatable bonds is 2. The largest absolute Gasteiger partial charge is 0.392 e. The van der Waals surface area contributed by atoms with E-state index in [1.807, 2.05) is 6.07 Å². The summed E-state index contributed by atoms with van der Waals surface area (Å²) in [6.45, 7) is -0.129. The number of nitrogens with one attached hydrogen (secondary N) is 1. The minimum Gasteiger partial charge on any atom is -0.392 e. The highest BCUT2D eigenvalue weighted by molar-refractivity contribution is 7.18. The first-order valence-corrected chi connectivity index (χ1v) is 4.85. The van der Waals surface area contributed by atoms with E-state index in [4.69, 9.17) is 21.5 Å². The van der Waals surface area contributed by atoms with Gasteiger partial charge in [-0.25, -0.2) is 15.3 Å². The van der Waals surface area contributed by atoms with Crippen molar-refractivity contribution in [2.45, 2.75) is 6.23 Å². The summed E-state index contributed by atoms with van der Waals surface area (Å²) in [6, 6.07) is 3.64. The number of hydroxylamine groups is 1. The lowest BCUT2D eigenvalue weighted by Crippen LogP contribution is -2.19. The predicted molar refractivity (Wildman–Crippen MR) is 51.0 cm³/mol. The van der Waals surface area contributed by atoms with Gasteiger partial charge < -0.3 is 5.11 Å². The van der Waals surface area contributed by atoms with Crippen molar-refractivity contribution in [2.24, 2.45) is 4.99 Å². The monoisotopic (exact) mass is 218 g/mol. The molecular weight excluding hydrogens is 212 g/mol. The molecule has 6 heteroatoms. The van der Waals surface area contributed by atoms with E-state index in [1.165, 1.54) is 11.3 Å². The number of thiophene rings is 1. The topological polar surface area (TPSA) is 53.9 Å². The Bertz CT molecular complexity index is 339. The SMILES string of the molecule is OCC1N=C(c2ccc(Cl)s2)NO1. The van der Waals surface area contributed by atoms with Gasteiger partial charge in [-0.05, 0) is 12.1 Å². The zero-order valence-electron chi connectivity index (χ0n) is 6.53. The normalized spacial score (nSPS) is 21.4. The van der Waals surface area contributed by atoms with E-state index in [1.54, 1.807) is 6.07 Å². The molecule has 1 aromatic rings. The first-order chi connectivity index (χ1) is 6.29. The van der Waals surface area contributed by atoms with Gasteiger partial charge >= 0.3 is 0 Å². The summed E-state index contributed by atoms with van der Waals surface area (Å²) < 4.78 is 0.701. The smallest absolute Gasteiger partial charge is 0.200 e. The molecule has 1 aliphatic heterocycles. The number of amidine groups is 1. The molecule has 0 fully saturated rings. The Balaban J connectivity index is 2.19. The molecule has 0 aliphatic carbocycles. The summed E-state index contributed by atoms with van der Waals surface area (Å²) >= 11 is 7.16. The van der Waals surface area contributed by atoms with Crippen LogP contribution in [0.4, 0.5) is 0 Å². The lowest BCUT2D eigenvalue weighted by atomic mass is 10.4. The van der Waals surface area contributed by atoms with Gasteiger partial charge in [0.05, 0.1) is 15.8 Å². The van der Waals surface area contributed by atoms with Crippen LogP contribution in [0.25, 0.3) is 0 Å². The van der Waals surface area contributed by atoms with Crippen LogP contribution in [0.3, 0.4) is 0 Å². The summed E-state index contributed by atoms with van der Waals surface area (Å²) in [5.41, 5.74) is 2.63. The van der Waals surface area contributed by atoms with Crippen LogP contribution in [0.2, 0.25) is 4.34 Å². The van der Waals surface area contributed by atoms with Gasteiger partial charge in [0.25, 0.3) is 0 Å². The van der Waals surface area contributed by atoms with Crippen molar-refractivity contribution in [3.8, 4) is 0 Å². The van der Waals surface area contributed by atoms with Gasteiger partial charge in [0.1, 0.15) is 0 Å². The maximum absolute atomic E-state index is 8.74. The molecule has 1 aliphatic rings. The first-order valence-electron chi connectivity index (χ1n) is 3.65. The summed E-state index contributed by atoms with van der Waals surface area (Å²) in [5.74, 6) is 0.621. The van der Waals surface area contributed by atoms with Crippen LogP contribution < -0.4 is 5.48 Å². The number of aliphatic imine (C=N–C) groups is 1. The Morgan fingerprint density at radius 1 is 1.69 bits per heavy atom. The van der Waals surface area contributed by atoms with Crippen molar-refractivity contribution in [3.05, 3.63) is 21.3 Å². The minimum atomic E-state index is -0.504.